The Morgan fingerprint density at radius 2 is 1.94 bits per heavy atom. The minimum atomic E-state index is -3.31. The average molecular weight is 250 g/mol. The molecule has 5 heteroatoms. The second kappa shape index (κ2) is 4.33. The van der Waals surface area contributed by atoms with Gasteiger partial charge in [0.15, 0.2) is 0 Å². The van der Waals surface area contributed by atoms with Crippen molar-refractivity contribution in [3.63, 3.8) is 0 Å². The molecule has 0 fully saturated rings. The Balaban J connectivity index is 2.38. The largest absolute Gasteiger partial charge is 0.282 e. The number of hydrogen-bond donors (Lipinski definition) is 1. The smallest absolute Gasteiger partial charge is 0.235 e. The minimum absolute atomic E-state index is 0.464. The lowest BCUT2D eigenvalue weighted by atomic mass is 10.2. The predicted molar refractivity (Wildman–Crippen MR) is 69.4 cm³/mol. The number of benzene rings is 1. The molecule has 0 aliphatic rings. The first kappa shape index (κ1) is 11.9. The van der Waals surface area contributed by atoms with E-state index in [1.54, 1.807) is 19.9 Å². The van der Waals surface area contributed by atoms with E-state index in [4.69, 9.17) is 0 Å². The first-order chi connectivity index (χ1) is 7.99. The van der Waals surface area contributed by atoms with Gasteiger partial charge < -0.3 is 0 Å². The Bertz CT molecular complexity index is 636. The summed E-state index contributed by atoms with van der Waals surface area (Å²) in [6.45, 7) is 3.27. The highest BCUT2D eigenvalue weighted by atomic mass is 32.2. The molecule has 17 heavy (non-hydrogen) atoms. The van der Waals surface area contributed by atoms with Crippen molar-refractivity contribution >= 4 is 26.6 Å². The Kier molecular flexibility index (Phi) is 3.02. The summed E-state index contributed by atoms with van der Waals surface area (Å²) in [6, 6.07) is 9.35. The number of rotatable bonds is 3. The molecular formula is C12H14N2O2S. The molecular weight excluding hydrogens is 236 g/mol. The third-order valence-electron chi connectivity index (χ3n) is 2.47. The van der Waals surface area contributed by atoms with Crippen molar-refractivity contribution in [2.75, 3.05) is 4.72 Å². The van der Waals surface area contributed by atoms with Crippen molar-refractivity contribution in [2.24, 2.45) is 0 Å². The predicted octanol–water partition coefficient (Wildman–Crippen LogP) is 2.38. The number of sulfonamides is 1. The number of anilines is 1. The van der Waals surface area contributed by atoms with Crippen molar-refractivity contribution in [1.82, 2.24) is 4.98 Å². The number of para-hydroxylation sites is 1. The molecule has 0 atom stereocenters. The number of nitrogens with one attached hydrogen (secondary N) is 1. The fourth-order valence-electron chi connectivity index (χ4n) is 1.41. The zero-order valence-corrected chi connectivity index (χ0v) is 10.5. The van der Waals surface area contributed by atoms with E-state index in [1.807, 2.05) is 24.3 Å². The molecule has 0 aliphatic carbocycles. The van der Waals surface area contributed by atoms with Gasteiger partial charge in [0, 0.05) is 5.39 Å². The van der Waals surface area contributed by atoms with Crippen molar-refractivity contribution in [3.8, 4) is 0 Å². The van der Waals surface area contributed by atoms with Gasteiger partial charge >= 0.3 is 0 Å². The molecule has 1 N–H and O–H groups in total. The molecule has 1 aromatic heterocycles. The highest BCUT2D eigenvalue weighted by molar-refractivity contribution is 7.93. The van der Waals surface area contributed by atoms with E-state index in [1.165, 1.54) is 6.20 Å². The zero-order valence-electron chi connectivity index (χ0n) is 9.71. The van der Waals surface area contributed by atoms with Crippen LogP contribution in [-0.2, 0) is 10.0 Å². The molecule has 1 aromatic carbocycles. The molecule has 2 aromatic rings. The normalized spacial score (nSPS) is 11.9. The Morgan fingerprint density at radius 1 is 1.24 bits per heavy atom. The first-order valence-electron chi connectivity index (χ1n) is 5.35. The van der Waals surface area contributed by atoms with E-state index in [2.05, 4.69) is 9.71 Å². The van der Waals surface area contributed by atoms with Gasteiger partial charge in [-0.1, -0.05) is 18.2 Å². The maximum absolute atomic E-state index is 11.7. The number of nitrogens with zero attached hydrogens (tertiary/aromatic N) is 1. The SMILES string of the molecule is CC(C)S(=O)(=O)Nc1cnc2ccccc2c1. The second-order valence-electron chi connectivity index (χ2n) is 4.11. The molecule has 0 saturated heterocycles. The van der Waals surface area contributed by atoms with Gasteiger partial charge in [-0.05, 0) is 26.0 Å². The summed E-state index contributed by atoms with van der Waals surface area (Å²) in [5, 5.41) is 0.449. The van der Waals surface area contributed by atoms with Crippen LogP contribution in [0.3, 0.4) is 0 Å². The molecule has 0 aliphatic heterocycles. The maximum Gasteiger partial charge on any atom is 0.235 e. The van der Waals surface area contributed by atoms with E-state index in [9.17, 15) is 8.42 Å². The number of aromatic nitrogens is 1. The molecule has 2 rings (SSSR count). The third kappa shape index (κ3) is 2.55. The van der Waals surface area contributed by atoms with Crippen LogP contribution in [0.5, 0.6) is 0 Å². The van der Waals surface area contributed by atoms with Crippen molar-refractivity contribution in [3.05, 3.63) is 36.5 Å². The maximum atomic E-state index is 11.7. The number of fused-ring (bicyclic) bond motifs is 1. The van der Waals surface area contributed by atoms with Crippen LogP contribution in [0.1, 0.15) is 13.8 Å². The van der Waals surface area contributed by atoms with Crippen LogP contribution in [0.25, 0.3) is 10.9 Å². The van der Waals surface area contributed by atoms with Gasteiger partial charge in [-0.15, -0.1) is 0 Å². The van der Waals surface area contributed by atoms with Crippen LogP contribution in [0, 0.1) is 0 Å². The van der Waals surface area contributed by atoms with Crippen LogP contribution >= 0.6 is 0 Å². The standard InChI is InChI=1S/C12H14N2O2S/c1-9(2)17(15,16)14-11-7-10-5-3-4-6-12(10)13-8-11/h3-9,14H,1-2H3. The lowest BCUT2D eigenvalue weighted by Gasteiger charge is -2.10. The molecule has 4 nitrogen and oxygen atoms in total. The first-order valence-corrected chi connectivity index (χ1v) is 6.90. The van der Waals surface area contributed by atoms with Crippen molar-refractivity contribution in [2.45, 2.75) is 19.1 Å². The number of pyridine rings is 1. The molecule has 0 bridgehead atoms. The highest BCUT2D eigenvalue weighted by Gasteiger charge is 2.15. The summed E-state index contributed by atoms with van der Waals surface area (Å²) in [7, 11) is -3.31. The van der Waals surface area contributed by atoms with Crippen LogP contribution in [0.2, 0.25) is 0 Å². The van der Waals surface area contributed by atoms with E-state index in [0.717, 1.165) is 10.9 Å². The fourth-order valence-corrected chi connectivity index (χ4v) is 2.08. The second-order valence-corrected chi connectivity index (χ2v) is 6.35. The topological polar surface area (TPSA) is 59.1 Å². The average Bonchev–Trinajstić information content (AvgIpc) is 2.28. The third-order valence-corrected chi connectivity index (χ3v) is 4.23. The molecule has 90 valence electrons. The van der Waals surface area contributed by atoms with Crippen LogP contribution in [0.15, 0.2) is 36.5 Å². The highest BCUT2D eigenvalue weighted by Crippen LogP contribution is 2.17. The van der Waals surface area contributed by atoms with Crippen LogP contribution in [0.4, 0.5) is 5.69 Å². The quantitative estimate of drug-likeness (QED) is 0.909. The Labute approximate surface area is 101 Å². The molecule has 0 spiro atoms. The van der Waals surface area contributed by atoms with E-state index in [0.29, 0.717) is 5.69 Å². The molecule has 1 heterocycles. The van der Waals surface area contributed by atoms with Gasteiger partial charge in [-0.3, -0.25) is 9.71 Å². The molecule has 0 amide bonds. The van der Waals surface area contributed by atoms with Crippen molar-refractivity contribution < 1.29 is 8.42 Å². The van der Waals surface area contributed by atoms with E-state index >= 15 is 0 Å². The molecule has 0 saturated carbocycles. The Morgan fingerprint density at radius 3 is 2.65 bits per heavy atom. The van der Waals surface area contributed by atoms with E-state index in [-0.39, 0.29) is 0 Å². The summed E-state index contributed by atoms with van der Waals surface area (Å²) in [5.41, 5.74) is 1.34. The van der Waals surface area contributed by atoms with Gasteiger partial charge in [0.05, 0.1) is 22.7 Å². The monoisotopic (exact) mass is 250 g/mol. The lowest BCUT2D eigenvalue weighted by molar-refractivity contribution is 0.593. The van der Waals surface area contributed by atoms with Gasteiger partial charge in [0.25, 0.3) is 0 Å². The fraction of sp³-hybridized carbons (Fsp3) is 0.250. The Hall–Kier alpha value is -1.62. The summed E-state index contributed by atoms with van der Waals surface area (Å²) < 4.78 is 25.9. The summed E-state index contributed by atoms with van der Waals surface area (Å²) >= 11 is 0. The summed E-state index contributed by atoms with van der Waals surface area (Å²) in [5.74, 6) is 0. The molecule has 0 radical (unpaired) electrons. The zero-order chi connectivity index (χ0) is 12.5. The minimum Gasteiger partial charge on any atom is -0.282 e. The summed E-state index contributed by atoms with van der Waals surface area (Å²) in [6.07, 6.45) is 1.53. The lowest BCUT2D eigenvalue weighted by Crippen LogP contribution is -2.22. The van der Waals surface area contributed by atoms with E-state index < -0.39 is 15.3 Å². The molecule has 0 unspecified atom stereocenters. The van der Waals surface area contributed by atoms with Gasteiger partial charge in [0.1, 0.15) is 0 Å². The summed E-state index contributed by atoms with van der Waals surface area (Å²) in [4.78, 5) is 4.20. The van der Waals surface area contributed by atoms with Gasteiger partial charge in [-0.2, -0.15) is 0 Å². The van der Waals surface area contributed by atoms with Gasteiger partial charge in [-0.25, -0.2) is 8.42 Å². The van der Waals surface area contributed by atoms with Crippen molar-refractivity contribution in [1.29, 1.82) is 0 Å². The van der Waals surface area contributed by atoms with Crippen LogP contribution < -0.4 is 4.72 Å². The number of hydrogen-bond acceptors (Lipinski definition) is 3. The van der Waals surface area contributed by atoms with Gasteiger partial charge in [0.2, 0.25) is 10.0 Å². The van der Waals surface area contributed by atoms with Crippen LogP contribution in [-0.4, -0.2) is 18.7 Å².